The molecule has 1 atom stereocenters. The largest absolute Gasteiger partial charge is 1.00 e. The van der Waals surface area contributed by atoms with E-state index in [0.717, 1.165) is 38.5 Å². The first-order valence-electron chi connectivity index (χ1n) is 21.4. The molecule has 0 fully saturated rings. The molecule has 3 nitrogen and oxygen atoms in total. The molecule has 0 spiro atoms. The summed E-state index contributed by atoms with van der Waals surface area (Å²) in [6, 6.07) is 3.58. The lowest BCUT2D eigenvalue weighted by atomic mass is 9.94. The minimum atomic E-state index is -3.39. The Kier molecular flexibility index (Phi) is 32.9. The number of unbranched alkanes of at least 4 members (excludes halogenated alkanes) is 25. The zero-order valence-corrected chi connectivity index (χ0v) is 35.2. The number of aromatic nitrogens is 1. The van der Waals surface area contributed by atoms with Gasteiger partial charge < -0.3 is 12.4 Å². The summed E-state index contributed by atoms with van der Waals surface area (Å²) in [5.41, 5.74) is 0. The summed E-state index contributed by atoms with van der Waals surface area (Å²) in [5, 5.41) is 0. The van der Waals surface area contributed by atoms with Crippen molar-refractivity contribution in [2.45, 2.75) is 229 Å². The van der Waals surface area contributed by atoms with Crippen LogP contribution in [0.4, 0.5) is 0 Å². The van der Waals surface area contributed by atoms with Gasteiger partial charge in [0.2, 0.25) is 0 Å². The van der Waals surface area contributed by atoms with Crippen molar-refractivity contribution in [2.24, 2.45) is 7.05 Å². The van der Waals surface area contributed by atoms with Gasteiger partial charge in [-0.25, -0.2) is 13.0 Å². The second-order valence-electron chi connectivity index (χ2n) is 15.4. The fourth-order valence-electron chi connectivity index (χ4n) is 7.01. The van der Waals surface area contributed by atoms with Crippen LogP contribution < -0.4 is 17.0 Å². The molecule has 0 aliphatic rings. The Labute approximate surface area is 319 Å². The predicted molar refractivity (Wildman–Crippen MR) is 216 cm³/mol. The molecule has 1 aromatic heterocycles. The molecule has 0 saturated heterocycles. The van der Waals surface area contributed by atoms with E-state index in [1.807, 2.05) is 30.9 Å². The van der Waals surface area contributed by atoms with Crippen molar-refractivity contribution in [3.8, 4) is 0 Å². The predicted octanol–water partition coefficient (Wildman–Crippen LogP) is 11.3. The van der Waals surface area contributed by atoms with Crippen molar-refractivity contribution in [3.05, 3.63) is 48.8 Å². The molecule has 0 N–H and O–H groups in total. The maximum absolute atomic E-state index is 13.9. The Balaban J connectivity index is 0.0000240. The third-order valence-electron chi connectivity index (χ3n) is 10.6. The highest BCUT2D eigenvalue weighted by Crippen LogP contribution is 2.35. The number of allylic oxidation sites excluding steroid dienone is 4. The third-order valence-corrected chi connectivity index (χ3v) is 13.2. The van der Waals surface area contributed by atoms with Crippen LogP contribution in [0.25, 0.3) is 0 Å². The summed E-state index contributed by atoms with van der Waals surface area (Å²) < 4.78 is 29.1. The molecule has 292 valence electrons. The number of hydrogen-bond acceptors (Lipinski definition) is 2. The molecule has 1 heterocycles. The molecule has 0 aliphatic heterocycles. The Morgan fingerprint density at radius 3 is 1.10 bits per heavy atom. The lowest BCUT2D eigenvalue weighted by Crippen LogP contribution is -3.00. The summed E-state index contributed by atoms with van der Waals surface area (Å²) in [6.07, 6.45) is 52.0. The molecule has 0 bridgehead atoms. The number of hydrogen-bond donors (Lipinski definition) is 0. The summed E-state index contributed by atoms with van der Waals surface area (Å²) in [7, 11) is -1.45. The zero-order chi connectivity index (χ0) is 35.7. The normalized spacial score (nSPS) is 13.3. The minimum Gasteiger partial charge on any atom is -1.00 e. The molecule has 0 aromatic carbocycles. The Morgan fingerprint density at radius 1 is 0.500 bits per heavy atom. The molecule has 0 radical (unpaired) electrons. The van der Waals surface area contributed by atoms with Crippen LogP contribution in [0, 0.1) is 0 Å². The molecule has 1 rings (SSSR count). The van der Waals surface area contributed by atoms with Gasteiger partial charge in [0, 0.05) is 12.1 Å². The monoisotopic (exact) mass is 736 g/mol. The van der Waals surface area contributed by atoms with E-state index in [2.05, 4.69) is 38.2 Å². The molecule has 1 aromatic rings. The lowest BCUT2D eigenvalue weighted by molar-refractivity contribution is -0.671. The second-order valence-corrected chi connectivity index (χ2v) is 17.8. The fraction of sp³-hybridized carbons (Fsp3) is 0.800. The number of nitrogens with zero attached hydrogens (tertiary/aromatic N) is 1. The van der Waals surface area contributed by atoms with Gasteiger partial charge in [-0.3, -0.25) is 0 Å². The number of halogens is 1. The Bertz CT molecular complexity index is 1040. The maximum atomic E-state index is 13.9. The van der Waals surface area contributed by atoms with E-state index in [0.29, 0.717) is 4.90 Å². The fourth-order valence-corrected chi connectivity index (χ4v) is 8.89. The number of pyridine rings is 1. The first-order chi connectivity index (χ1) is 23.9. The minimum absolute atomic E-state index is 0. The van der Waals surface area contributed by atoms with Crippen LogP contribution in [0.2, 0.25) is 0 Å². The third kappa shape index (κ3) is 24.9. The maximum Gasteiger partial charge on any atom is 0.184 e. The van der Waals surface area contributed by atoms with Crippen molar-refractivity contribution < 1.29 is 25.4 Å². The van der Waals surface area contributed by atoms with Crippen molar-refractivity contribution in [3.63, 3.8) is 0 Å². The number of aryl methyl sites for hydroxylation is 1. The molecule has 0 saturated carbocycles. The standard InChI is InChI=1S/C45H82NO2S.ClH/c1-5-7-9-11-13-15-17-19-21-23-25-27-29-31-33-35-37-41-45(3,49(47,48)44-38-42-46(4)43-39-44)40-36-34-32-30-28-26-24-22-20-18-16-14-12-10-8-6-2;/h19-22,38-39,42-43H,5-18,23-37,40-41H2,1-4H3;1H/q+1;/p-1. The summed E-state index contributed by atoms with van der Waals surface area (Å²) in [6.45, 7) is 6.59. The van der Waals surface area contributed by atoms with Gasteiger partial charge in [0.05, 0.1) is 9.64 Å². The van der Waals surface area contributed by atoms with Gasteiger partial charge in [-0.1, -0.05) is 173 Å². The van der Waals surface area contributed by atoms with Gasteiger partial charge in [-0.05, 0) is 71.1 Å². The van der Waals surface area contributed by atoms with Gasteiger partial charge in [0.25, 0.3) is 0 Å². The van der Waals surface area contributed by atoms with E-state index < -0.39 is 14.6 Å². The molecular weight excluding hydrogens is 654 g/mol. The van der Waals surface area contributed by atoms with Gasteiger partial charge in [-0.2, -0.15) is 0 Å². The topological polar surface area (TPSA) is 38.0 Å². The Hall–Kier alpha value is -1.13. The van der Waals surface area contributed by atoms with Crippen molar-refractivity contribution >= 4 is 9.84 Å². The van der Waals surface area contributed by atoms with Crippen LogP contribution in [0.1, 0.15) is 220 Å². The van der Waals surface area contributed by atoms with E-state index >= 15 is 0 Å². The molecule has 0 amide bonds. The quantitative estimate of drug-likeness (QED) is 0.0395. The first kappa shape index (κ1) is 48.9. The van der Waals surface area contributed by atoms with Gasteiger partial charge >= 0.3 is 0 Å². The average molecular weight is 737 g/mol. The van der Waals surface area contributed by atoms with E-state index in [4.69, 9.17) is 0 Å². The van der Waals surface area contributed by atoms with Gasteiger partial charge in [0.15, 0.2) is 22.2 Å². The number of rotatable bonds is 35. The van der Waals surface area contributed by atoms with Gasteiger partial charge in [-0.15, -0.1) is 0 Å². The molecular formula is C45H82ClNO2S. The summed E-state index contributed by atoms with van der Waals surface area (Å²) in [5.74, 6) is 0. The molecule has 50 heavy (non-hydrogen) atoms. The summed E-state index contributed by atoms with van der Waals surface area (Å²) >= 11 is 0. The van der Waals surface area contributed by atoms with Crippen molar-refractivity contribution in [1.29, 1.82) is 0 Å². The average Bonchev–Trinajstić information content (AvgIpc) is 3.09. The van der Waals surface area contributed by atoms with Crippen molar-refractivity contribution in [2.75, 3.05) is 0 Å². The smallest absolute Gasteiger partial charge is 0.184 e. The van der Waals surface area contributed by atoms with Crippen LogP contribution in [0.5, 0.6) is 0 Å². The van der Waals surface area contributed by atoms with E-state index in [9.17, 15) is 8.42 Å². The SMILES string of the molecule is CCCCCCCCC=CCCCCCCCCCC(C)(CCCCCCCCC=CCCCCCCCC)S(=O)(=O)c1cc[n+](C)cc1.[Cl-]. The van der Waals surface area contributed by atoms with Crippen molar-refractivity contribution in [1.82, 2.24) is 0 Å². The highest BCUT2D eigenvalue weighted by molar-refractivity contribution is 7.92. The van der Waals surface area contributed by atoms with Crippen LogP contribution in [0.15, 0.2) is 53.7 Å². The van der Waals surface area contributed by atoms with E-state index in [1.54, 1.807) is 12.1 Å². The first-order valence-corrected chi connectivity index (χ1v) is 22.9. The zero-order valence-electron chi connectivity index (χ0n) is 33.6. The highest BCUT2D eigenvalue weighted by Gasteiger charge is 2.39. The van der Waals surface area contributed by atoms with Crippen LogP contribution in [-0.2, 0) is 16.9 Å². The second kappa shape index (κ2) is 33.7. The molecule has 1 unspecified atom stereocenters. The summed E-state index contributed by atoms with van der Waals surface area (Å²) in [4.78, 5) is 0.485. The van der Waals surface area contributed by atoms with Crippen LogP contribution in [-0.4, -0.2) is 13.2 Å². The Morgan fingerprint density at radius 2 is 0.780 bits per heavy atom. The molecule has 5 heteroatoms. The van der Waals surface area contributed by atoms with E-state index in [-0.39, 0.29) is 12.4 Å². The number of sulfone groups is 1. The van der Waals surface area contributed by atoms with Gasteiger partial charge in [0.1, 0.15) is 7.05 Å². The van der Waals surface area contributed by atoms with E-state index in [1.165, 1.54) is 161 Å². The lowest BCUT2D eigenvalue weighted by Gasteiger charge is -2.29. The van der Waals surface area contributed by atoms with Crippen LogP contribution >= 0.6 is 0 Å². The molecule has 0 aliphatic carbocycles. The van der Waals surface area contributed by atoms with Crippen LogP contribution in [0.3, 0.4) is 0 Å². The highest BCUT2D eigenvalue weighted by atomic mass is 35.5.